The van der Waals surface area contributed by atoms with Crippen LogP contribution in [-0.2, 0) is 14.8 Å². The monoisotopic (exact) mass is 511 g/mol. The SMILES string of the molecule is C[C@@H]1COCCN1c1cc(-c2ccc(N3CCCCS3(=O)=O)cc2F)c2cnn(-c3ccn[nH]3)c2n1. The number of ether oxygens (including phenoxy) is 1. The molecule has 10 nitrogen and oxygen atoms in total. The molecule has 5 heterocycles. The van der Waals surface area contributed by atoms with Crippen molar-refractivity contribution in [1.29, 1.82) is 0 Å². The topological polar surface area (TPSA) is 109 Å². The van der Waals surface area contributed by atoms with Gasteiger partial charge in [-0.15, -0.1) is 0 Å². The maximum atomic E-state index is 15.7. The van der Waals surface area contributed by atoms with Gasteiger partial charge in [-0.25, -0.2) is 17.8 Å². The molecular weight excluding hydrogens is 485 g/mol. The smallest absolute Gasteiger partial charge is 0.235 e. The van der Waals surface area contributed by atoms with Gasteiger partial charge in [0.2, 0.25) is 10.0 Å². The molecule has 6 rings (SSSR count). The van der Waals surface area contributed by atoms with E-state index in [-0.39, 0.29) is 11.8 Å². The fourth-order valence-electron chi connectivity index (χ4n) is 4.92. The molecule has 0 radical (unpaired) electrons. The van der Waals surface area contributed by atoms with Crippen LogP contribution in [-0.4, -0.2) is 71.5 Å². The maximum absolute atomic E-state index is 15.7. The summed E-state index contributed by atoms with van der Waals surface area (Å²) in [5.41, 5.74) is 1.89. The average Bonchev–Trinajstić information content (AvgIpc) is 3.53. The van der Waals surface area contributed by atoms with Crippen LogP contribution in [0.4, 0.5) is 15.9 Å². The van der Waals surface area contributed by atoms with Crippen molar-refractivity contribution >= 4 is 32.6 Å². The summed E-state index contributed by atoms with van der Waals surface area (Å²) in [7, 11) is -3.44. The predicted molar refractivity (Wildman–Crippen MR) is 134 cm³/mol. The molecule has 2 fully saturated rings. The van der Waals surface area contributed by atoms with Crippen LogP contribution in [0.5, 0.6) is 0 Å². The van der Waals surface area contributed by atoms with E-state index in [0.717, 1.165) is 6.42 Å². The van der Waals surface area contributed by atoms with Crippen LogP contribution < -0.4 is 9.21 Å². The zero-order valence-electron chi connectivity index (χ0n) is 19.8. The second-order valence-electron chi connectivity index (χ2n) is 9.14. The Bertz CT molecular complexity index is 1520. The summed E-state index contributed by atoms with van der Waals surface area (Å²) in [5.74, 6) is 0.907. The van der Waals surface area contributed by atoms with Gasteiger partial charge < -0.3 is 9.64 Å². The molecule has 0 aliphatic carbocycles. The number of rotatable bonds is 4. The Balaban J connectivity index is 1.50. The van der Waals surface area contributed by atoms with Crippen LogP contribution in [0.2, 0.25) is 0 Å². The first-order chi connectivity index (χ1) is 17.4. The highest BCUT2D eigenvalue weighted by atomic mass is 32.2. The Morgan fingerprint density at radius 1 is 1.14 bits per heavy atom. The van der Waals surface area contributed by atoms with E-state index in [1.807, 2.05) is 6.07 Å². The van der Waals surface area contributed by atoms with Gasteiger partial charge in [-0.2, -0.15) is 14.9 Å². The summed E-state index contributed by atoms with van der Waals surface area (Å²) in [6.45, 7) is 4.22. The molecule has 0 amide bonds. The molecule has 0 saturated carbocycles. The normalized spacial score (nSPS) is 20.2. The van der Waals surface area contributed by atoms with E-state index in [4.69, 9.17) is 9.72 Å². The quantitative estimate of drug-likeness (QED) is 0.448. The molecule has 2 aliphatic rings. The lowest BCUT2D eigenvalue weighted by molar-refractivity contribution is 0.0985. The molecule has 188 valence electrons. The number of H-pyrrole nitrogens is 1. The fraction of sp³-hybridized carbons (Fsp3) is 0.375. The van der Waals surface area contributed by atoms with Crippen molar-refractivity contribution in [3.63, 3.8) is 0 Å². The van der Waals surface area contributed by atoms with Crippen LogP contribution in [0.15, 0.2) is 42.7 Å². The molecule has 36 heavy (non-hydrogen) atoms. The molecule has 2 saturated heterocycles. The lowest BCUT2D eigenvalue weighted by Crippen LogP contribution is -2.44. The van der Waals surface area contributed by atoms with Gasteiger partial charge in [-0.1, -0.05) is 0 Å². The van der Waals surface area contributed by atoms with Gasteiger partial charge in [0.1, 0.15) is 11.6 Å². The number of halogens is 1. The minimum Gasteiger partial charge on any atom is -0.377 e. The number of fused-ring (bicyclic) bond motifs is 1. The number of nitrogens with one attached hydrogen (secondary N) is 1. The third-order valence-electron chi connectivity index (χ3n) is 6.78. The van der Waals surface area contributed by atoms with E-state index in [1.165, 1.54) is 10.4 Å². The number of morpholine rings is 1. The van der Waals surface area contributed by atoms with E-state index in [9.17, 15) is 8.42 Å². The van der Waals surface area contributed by atoms with Crippen molar-refractivity contribution in [1.82, 2.24) is 25.0 Å². The van der Waals surface area contributed by atoms with E-state index in [2.05, 4.69) is 27.1 Å². The van der Waals surface area contributed by atoms with Gasteiger partial charge in [0.15, 0.2) is 11.5 Å². The number of benzene rings is 1. The Hall–Kier alpha value is -3.51. The molecule has 0 unspecified atom stereocenters. The van der Waals surface area contributed by atoms with Gasteiger partial charge in [0.25, 0.3) is 0 Å². The Morgan fingerprint density at radius 3 is 2.78 bits per heavy atom. The lowest BCUT2D eigenvalue weighted by Gasteiger charge is -2.34. The summed E-state index contributed by atoms with van der Waals surface area (Å²) in [4.78, 5) is 7.05. The number of nitrogens with zero attached hydrogens (tertiary/aromatic N) is 6. The van der Waals surface area contributed by atoms with E-state index in [0.29, 0.717) is 72.2 Å². The molecule has 1 aromatic carbocycles. The molecule has 12 heteroatoms. The van der Waals surface area contributed by atoms with Crippen LogP contribution in [0.3, 0.4) is 0 Å². The zero-order chi connectivity index (χ0) is 24.9. The second kappa shape index (κ2) is 8.86. The number of anilines is 2. The number of pyridine rings is 1. The van der Waals surface area contributed by atoms with E-state index in [1.54, 1.807) is 35.3 Å². The molecule has 3 aromatic heterocycles. The van der Waals surface area contributed by atoms with Gasteiger partial charge >= 0.3 is 0 Å². The Morgan fingerprint density at radius 2 is 2.03 bits per heavy atom. The molecule has 2 aliphatic heterocycles. The van der Waals surface area contributed by atoms with Crippen molar-refractivity contribution in [2.75, 3.05) is 41.3 Å². The van der Waals surface area contributed by atoms with Crippen LogP contribution in [0.1, 0.15) is 19.8 Å². The van der Waals surface area contributed by atoms with Gasteiger partial charge in [0.05, 0.1) is 43.1 Å². The number of hydrogen-bond donors (Lipinski definition) is 1. The largest absolute Gasteiger partial charge is 0.377 e. The first-order valence-corrected chi connectivity index (χ1v) is 13.6. The number of aromatic amines is 1. The molecule has 4 aromatic rings. The van der Waals surface area contributed by atoms with E-state index >= 15 is 4.39 Å². The molecule has 0 spiro atoms. The first kappa shape index (κ1) is 22.9. The minimum absolute atomic E-state index is 0.0786. The second-order valence-corrected chi connectivity index (χ2v) is 11.2. The lowest BCUT2D eigenvalue weighted by atomic mass is 10.0. The average molecular weight is 512 g/mol. The fourth-order valence-corrected chi connectivity index (χ4v) is 6.56. The highest BCUT2D eigenvalue weighted by Crippen LogP contribution is 2.36. The Labute approximate surface area is 207 Å². The summed E-state index contributed by atoms with van der Waals surface area (Å²) in [6.07, 6.45) is 4.66. The van der Waals surface area contributed by atoms with Gasteiger partial charge in [-0.3, -0.25) is 9.40 Å². The van der Waals surface area contributed by atoms with Crippen molar-refractivity contribution in [2.24, 2.45) is 0 Å². The van der Waals surface area contributed by atoms with Crippen molar-refractivity contribution in [3.05, 3.63) is 48.5 Å². The highest BCUT2D eigenvalue weighted by Gasteiger charge is 2.28. The molecular formula is C24H26FN7O3S. The molecule has 1 atom stereocenters. The standard InChI is InChI=1S/C24H26FN7O3S/c1-16-15-35-10-9-30(16)23-13-19(20-14-27-32(24(20)28-23)22-6-7-26-29-22)18-5-4-17(12-21(18)25)31-8-2-3-11-36(31,33)34/h4-7,12-14,16H,2-3,8-11,15H2,1H3,(H,26,29)/t16-/m1/s1. The van der Waals surface area contributed by atoms with E-state index < -0.39 is 15.8 Å². The van der Waals surface area contributed by atoms with Gasteiger partial charge in [0, 0.05) is 35.7 Å². The zero-order valence-corrected chi connectivity index (χ0v) is 20.6. The third-order valence-corrected chi connectivity index (χ3v) is 8.65. The summed E-state index contributed by atoms with van der Waals surface area (Å²) in [6, 6.07) is 8.37. The number of hydrogen-bond acceptors (Lipinski definition) is 7. The van der Waals surface area contributed by atoms with Crippen molar-refractivity contribution < 1.29 is 17.5 Å². The number of aromatic nitrogens is 5. The van der Waals surface area contributed by atoms with Crippen LogP contribution in [0.25, 0.3) is 28.0 Å². The minimum atomic E-state index is -3.44. The van der Waals surface area contributed by atoms with Gasteiger partial charge in [-0.05, 0) is 44.0 Å². The molecule has 0 bridgehead atoms. The predicted octanol–water partition coefficient (Wildman–Crippen LogP) is 3.10. The first-order valence-electron chi connectivity index (χ1n) is 12.0. The third kappa shape index (κ3) is 3.90. The Kier molecular flexibility index (Phi) is 5.64. The summed E-state index contributed by atoms with van der Waals surface area (Å²) < 4.78 is 49.3. The highest BCUT2D eigenvalue weighted by molar-refractivity contribution is 7.92. The van der Waals surface area contributed by atoms with Crippen LogP contribution in [0, 0.1) is 5.82 Å². The summed E-state index contributed by atoms with van der Waals surface area (Å²) >= 11 is 0. The molecule has 1 N–H and O–H groups in total. The maximum Gasteiger partial charge on any atom is 0.235 e. The van der Waals surface area contributed by atoms with Crippen LogP contribution >= 0.6 is 0 Å². The summed E-state index contributed by atoms with van der Waals surface area (Å²) in [5, 5.41) is 12.1. The van der Waals surface area contributed by atoms with Crippen molar-refractivity contribution in [2.45, 2.75) is 25.8 Å². The number of sulfonamides is 1. The van der Waals surface area contributed by atoms with Crippen molar-refractivity contribution in [3.8, 4) is 16.9 Å².